The Labute approximate surface area is 193 Å². The van der Waals surface area contributed by atoms with Crippen molar-refractivity contribution in [3.8, 4) is 11.1 Å². The maximum Gasteiger partial charge on any atom is 0.414 e. The second kappa shape index (κ2) is 8.15. The molecule has 0 bridgehead atoms. The van der Waals surface area contributed by atoms with Crippen molar-refractivity contribution < 1.29 is 24.2 Å². The molecule has 0 radical (unpaired) electrons. The van der Waals surface area contributed by atoms with Crippen LogP contribution in [0.25, 0.3) is 11.1 Å². The van der Waals surface area contributed by atoms with E-state index < -0.39 is 11.7 Å². The first-order valence-corrected chi connectivity index (χ1v) is 11.6. The minimum Gasteiger partial charge on any atom is -0.446 e. The van der Waals surface area contributed by atoms with Gasteiger partial charge in [-0.25, -0.2) is 4.79 Å². The molecule has 174 valence electrons. The Morgan fingerprint density at radius 2 is 1.73 bits per heavy atom. The van der Waals surface area contributed by atoms with E-state index in [1.165, 1.54) is 0 Å². The molecule has 1 saturated carbocycles. The third kappa shape index (κ3) is 4.00. The van der Waals surface area contributed by atoms with Crippen molar-refractivity contribution >= 4 is 23.4 Å². The molecule has 0 unspecified atom stereocenters. The SMILES string of the molecule is CC(C)OC(=O)N1C[C@H](C)N(C(=O)C2CC2)c2ccc(-c3ccc(C4(O)COC4)cc3)cc21. The van der Waals surface area contributed by atoms with Gasteiger partial charge < -0.3 is 19.5 Å². The molecule has 1 N–H and O–H groups in total. The first-order valence-electron chi connectivity index (χ1n) is 11.6. The van der Waals surface area contributed by atoms with Crippen LogP contribution in [0.15, 0.2) is 42.5 Å². The molecule has 7 heteroatoms. The van der Waals surface area contributed by atoms with Crippen molar-refractivity contribution in [1.82, 2.24) is 0 Å². The predicted molar refractivity (Wildman–Crippen MR) is 125 cm³/mol. The molecular weight excluding hydrogens is 420 g/mol. The van der Waals surface area contributed by atoms with Gasteiger partial charge in [0.2, 0.25) is 5.91 Å². The molecule has 7 nitrogen and oxygen atoms in total. The van der Waals surface area contributed by atoms with Crippen LogP contribution in [0.2, 0.25) is 0 Å². The van der Waals surface area contributed by atoms with Crippen LogP contribution in [0.4, 0.5) is 16.2 Å². The third-order valence-electron chi connectivity index (χ3n) is 6.57. The number of fused-ring (bicyclic) bond motifs is 1. The van der Waals surface area contributed by atoms with Crippen molar-refractivity contribution in [3.05, 3.63) is 48.0 Å². The maximum absolute atomic E-state index is 13.1. The van der Waals surface area contributed by atoms with Crippen molar-refractivity contribution in [3.63, 3.8) is 0 Å². The Balaban J connectivity index is 1.52. The standard InChI is InChI=1S/C26H30N2O5/c1-16(2)33-25(30)27-13-17(3)28(24(29)19-4-5-19)22-11-8-20(12-23(22)27)18-6-9-21(10-7-18)26(31)14-32-15-26/h6-12,16-17,19,31H,4-5,13-15H2,1-3H3/t17-/m0/s1. The fourth-order valence-electron chi connectivity index (χ4n) is 4.54. The van der Waals surface area contributed by atoms with Crippen LogP contribution in [0.1, 0.15) is 39.2 Å². The van der Waals surface area contributed by atoms with Gasteiger partial charge in [-0.15, -0.1) is 0 Å². The number of anilines is 2. The van der Waals surface area contributed by atoms with E-state index in [0.717, 1.165) is 35.2 Å². The van der Waals surface area contributed by atoms with Crippen LogP contribution < -0.4 is 9.80 Å². The summed E-state index contributed by atoms with van der Waals surface area (Å²) in [5.41, 5.74) is 3.22. The highest BCUT2D eigenvalue weighted by Gasteiger charge is 2.41. The van der Waals surface area contributed by atoms with Crippen molar-refractivity contribution in [2.75, 3.05) is 29.6 Å². The summed E-state index contributed by atoms with van der Waals surface area (Å²) in [7, 11) is 0. The summed E-state index contributed by atoms with van der Waals surface area (Å²) in [5.74, 6) is 0.219. The summed E-state index contributed by atoms with van der Waals surface area (Å²) < 4.78 is 10.7. The smallest absolute Gasteiger partial charge is 0.414 e. The summed E-state index contributed by atoms with van der Waals surface area (Å²) in [4.78, 5) is 29.5. The Kier molecular flexibility index (Phi) is 5.41. The quantitative estimate of drug-likeness (QED) is 0.760. The van der Waals surface area contributed by atoms with Gasteiger partial charge >= 0.3 is 6.09 Å². The zero-order valence-electron chi connectivity index (χ0n) is 19.3. The van der Waals surface area contributed by atoms with E-state index >= 15 is 0 Å². The Morgan fingerprint density at radius 1 is 1.06 bits per heavy atom. The number of hydrogen-bond donors (Lipinski definition) is 1. The number of ether oxygens (including phenoxy) is 2. The zero-order valence-corrected chi connectivity index (χ0v) is 19.3. The molecule has 33 heavy (non-hydrogen) atoms. The van der Waals surface area contributed by atoms with Crippen LogP contribution in [0.3, 0.4) is 0 Å². The second-order valence-electron chi connectivity index (χ2n) is 9.68. The van der Waals surface area contributed by atoms with Crippen LogP contribution >= 0.6 is 0 Å². The Morgan fingerprint density at radius 3 is 2.30 bits per heavy atom. The molecule has 1 saturated heterocycles. The van der Waals surface area contributed by atoms with Crippen LogP contribution in [-0.4, -0.2) is 49.0 Å². The molecule has 0 spiro atoms. The maximum atomic E-state index is 13.1. The molecule has 3 aliphatic rings. The van der Waals surface area contributed by atoms with E-state index in [9.17, 15) is 14.7 Å². The first kappa shape index (κ1) is 21.9. The largest absolute Gasteiger partial charge is 0.446 e. The number of rotatable bonds is 4. The van der Waals surface area contributed by atoms with Gasteiger partial charge in [-0.1, -0.05) is 30.3 Å². The Bertz CT molecular complexity index is 1070. The van der Waals surface area contributed by atoms with Gasteiger partial charge in [0.05, 0.1) is 36.7 Å². The second-order valence-corrected chi connectivity index (χ2v) is 9.68. The molecule has 2 aromatic carbocycles. The highest BCUT2D eigenvalue weighted by molar-refractivity contribution is 6.05. The number of carbonyl (C=O) groups excluding carboxylic acids is 2. The Hall–Kier alpha value is -2.90. The highest BCUT2D eigenvalue weighted by Crippen LogP contribution is 2.42. The molecule has 1 aliphatic carbocycles. The van der Waals surface area contributed by atoms with Gasteiger partial charge in [0, 0.05) is 12.5 Å². The first-order chi connectivity index (χ1) is 15.8. The van der Waals surface area contributed by atoms with E-state index in [0.29, 0.717) is 25.4 Å². The van der Waals surface area contributed by atoms with Crippen molar-refractivity contribution in [2.45, 2.75) is 51.4 Å². The summed E-state index contributed by atoms with van der Waals surface area (Å²) in [5, 5.41) is 10.5. The lowest BCUT2D eigenvalue weighted by Gasteiger charge is -2.41. The summed E-state index contributed by atoms with van der Waals surface area (Å²) in [6.07, 6.45) is 1.21. The van der Waals surface area contributed by atoms with Crippen molar-refractivity contribution in [2.24, 2.45) is 5.92 Å². The molecule has 2 amide bonds. The van der Waals surface area contributed by atoms with Gasteiger partial charge in [0.15, 0.2) is 0 Å². The lowest BCUT2D eigenvalue weighted by Crippen LogP contribution is -2.52. The molecule has 1 atom stereocenters. The average molecular weight is 451 g/mol. The van der Waals surface area contributed by atoms with Gasteiger partial charge in [-0.3, -0.25) is 9.69 Å². The average Bonchev–Trinajstić information content (AvgIpc) is 3.61. The van der Waals surface area contributed by atoms with E-state index in [-0.39, 0.29) is 24.0 Å². The monoisotopic (exact) mass is 450 g/mol. The number of amides is 2. The van der Waals surface area contributed by atoms with Crippen LogP contribution in [0, 0.1) is 5.92 Å². The summed E-state index contributed by atoms with van der Waals surface area (Å²) in [6.45, 7) is 6.62. The van der Waals surface area contributed by atoms with Gasteiger partial charge in [0.1, 0.15) is 5.60 Å². The number of benzene rings is 2. The highest BCUT2D eigenvalue weighted by atomic mass is 16.6. The molecule has 5 rings (SSSR count). The fourth-order valence-corrected chi connectivity index (χ4v) is 4.54. The van der Waals surface area contributed by atoms with Gasteiger partial charge in [-0.05, 0) is 62.4 Å². The van der Waals surface area contributed by atoms with Crippen molar-refractivity contribution in [1.29, 1.82) is 0 Å². The zero-order chi connectivity index (χ0) is 23.3. The van der Waals surface area contributed by atoms with Gasteiger partial charge in [0.25, 0.3) is 0 Å². The van der Waals surface area contributed by atoms with E-state index in [2.05, 4.69) is 0 Å². The minimum atomic E-state index is -0.911. The van der Waals surface area contributed by atoms with Crippen LogP contribution in [0.5, 0.6) is 0 Å². The molecule has 2 fully saturated rings. The number of nitrogens with zero attached hydrogens (tertiary/aromatic N) is 2. The summed E-state index contributed by atoms with van der Waals surface area (Å²) in [6, 6.07) is 13.5. The van der Waals surface area contributed by atoms with Gasteiger partial charge in [-0.2, -0.15) is 0 Å². The van der Waals surface area contributed by atoms with E-state index in [4.69, 9.17) is 9.47 Å². The minimum absolute atomic E-state index is 0.0861. The molecule has 2 aliphatic heterocycles. The van der Waals surface area contributed by atoms with Crippen LogP contribution in [-0.2, 0) is 19.9 Å². The normalized spacial score (nSPS) is 21.4. The molecule has 2 aromatic rings. The molecular formula is C26H30N2O5. The van der Waals surface area contributed by atoms with E-state index in [1.807, 2.05) is 68.1 Å². The summed E-state index contributed by atoms with van der Waals surface area (Å²) >= 11 is 0. The lowest BCUT2D eigenvalue weighted by atomic mass is 9.90. The number of carbonyl (C=O) groups is 2. The molecule has 2 heterocycles. The third-order valence-corrected chi connectivity index (χ3v) is 6.57. The number of hydrogen-bond acceptors (Lipinski definition) is 5. The fraction of sp³-hybridized carbons (Fsp3) is 0.462. The molecule has 0 aromatic heterocycles. The predicted octanol–water partition coefficient (Wildman–Crippen LogP) is 4.07. The topological polar surface area (TPSA) is 79.3 Å². The van der Waals surface area contributed by atoms with E-state index in [1.54, 1.807) is 4.90 Å². The lowest BCUT2D eigenvalue weighted by molar-refractivity contribution is -0.184. The number of aliphatic hydroxyl groups is 1.